The van der Waals surface area contributed by atoms with Crippen LogP contribution in [0.2, 0.25) is 0 Å². The molecule has 0 spiro atoms. The van der Waals surface area contributed by atoms with Gasteiger partial charge in [-0.2, -0.15) is 0 Å². The van der Waals surface area contributed by atoms with E-state index >= 15 is 0 Å². The van der Waals surface area contributed by atoms with Crippen molar-refractivity contribution in [2.45, 2.75) is 18.4 Å². The largest absolute Gasteiger partial charge is 0.384 e. The fourth-order valence-corrected chi connectivity index (χ4v) is 4.68. The van der Waals surface area contributed by atoms with Crippen molar-refractivity contribution < 1.29 is 5.11 Å². The predicted octanol–water partition coefficient (Wildman–Crippen LogP) is 3.15. The van der Waals surface area contributed by atoms with Gasteiger partial charge in [0.25, 0.3) is 0 Å². The zero-order valence-electron chi connectivity index (χ0n) is 14.5. The van der Waals surface area contributed by atoms with Crippen molar-refractivity contribution in [2.24, 2.45) is 13.0 Å². The lowest BCUT2D eigenvalue weighted by molar-refractivity contribution is -0.117. The Morgan fingerprint density at radius 1 is 1.04 bits per heavy atom. The zero-order chi connectivity index (χ0) is 17.0. The summed E-state index contributed by atoms with van der Waals surface area (Å²) in [4.78, 5) is 7.16. The third-order valence-electron chi connectivity index (χ3n) is 6.16. The molecule has 6 rings (SSSR count). The van der Waals surface area contributed by atoms with Gasteiger partial charge in [-0.25, -0.2) is 4.98 Å². The van der Waals surface area contributed by atoms with Crippen LogP contribution in [-0.4, -0.2) is 39.2 Å². The second-order valence-electron chi connectivity index (χ2n) is 7.54. The summed E-state index contributed by atoms with van der Waals surface area (Å²) in [5, 5.41) is 11.3. The van der Waals surface area contributed by atoms with Crippen LogP contribution in [0.4, 0.5) is 0 Å². The van der Waals surface area contributed by atoms with Gasteiger partial charge in [0, 0.05) is 19.2 Å². The molecule has 1 aromatic heterocycles. The summed E-state index contributed by atoms with van der Waals surface area (Å²) < 4.78 is 2.13. The first-order chi connectivity index (χ1) is 12.1. The van der Waals surface area contributed by atoms with E-state index in [1.165, 1.54) is 0 Å². The number of aryl methyl sites for hydroxylation is 1. The van der Waals surface area contributed by atoms with E-state index in [2.05, 4.69) is 46.8 Å². The molecule has 3 aliphatic heterocycles. The number of benzene rings is 2. The number of aliphatic hydroxyl groups is 1. The first-order valence-corrected chi connectivity index (χ1v) is 9.12. The van der Waals surface area contributed by atoms with E-state index in [4.69, 9.17) is 4.98 Å². The fraction of sp³-hybridized carbons (Fsp3) is 0.381. The lowest BCUT2D eigenvalue weighted by Gasteiger charge is -2.50. The van der Waals surface area contributed by atoms with Crippen molar-refractivity contribution >= 4 is 11.0 Å². The monoisotopic (exact) mass is 333 g/mol. The molecule has 1 atom stereocenters. The summed E-state index contributed by atoms with van der Waals surface area (Å²) in [6, 6.07) is 16.6. The lowest BCUT2D eigenvalue weighted by Crippen LogP contribution is -2.57. The van der Waals surface area contributed by atoms with Crippen LogP contribution in [-0.2, 0) is 12.6 Å². The molecule has 2 bridgehead atoms. The summed E-state index contributed by atoms with van der Waals surface area (Å²) in [5.74, 6) is 1.35. The third-order valence-corrected chi connectivity index (χ3v) is 6.16. The minimum absolute atomic E-state index is 0.388. The van der Waals surface area contributed by atoms with E-state index < -0.39 is 5.60 Å². The van der Waals surface area contributed by atoms with Crippen LogP contribution in [0, 0.1) is 5.92 Å². The van der Waals surface area contributed by atoms with E-state index in [0.29, 0.717) is 5.92 Å². The molecule has 3 aromatic rings. The van der Waals surface area contributed by atoms with Gasteiger partial charge in [-0.05, 0) is 49.5 Å². The highest BCUT2D eigenvalue weighted by Gasteiger charge is 2.46. The van der Waals surface area contributed by atoms with Gasteiger partial charge in [0.2, 0.25) is 0 Å². The van der Waals surface area contributed by atoms with Crippen molar-refractivity contribution in [1.29, 1.82) is 0 Å². The number of imidazole rings is 1. The van der Waals surface area contributed by atoms with Crippen LogP contribution in [0.1, 0.15) is 18.4 Å². The number of hydrogen-bond acceptors (Lipinski definition) is 3. The fourth-order valence-electron chi connectivity index (χ4n) is 4.68. The van der Waals surface area contributed by atoms with Crippen molar-refractivity contribution in [2.75, 3.05) is 19.6 Å². The lowest BCUT2D eigenvalue weighted by atomic mass is 9.71. The quantitative estimate of drug-likeness (QED) is 0.783. The molecule has 0 aliphatic carbocycles. The summed E-state index contributed by atoms with van der Waals surface area (Å²) in [6.07, 6.45) is 2.20. The molecule has 3 saturated heterocycles. The number of hydrogen-bond donors (Lipinski definition) is 1. The Bertz CT molecular complexity index is 922. The van der Waals surface area contributed by atoms with E-state index in [1.54, 1.807) is 0 Å². The van der Waals surface area contributed by atoms with Gasteiger partial charge in [-0.15, -0.1) is 0 Å². The minimum Gasteiger partial charge on any atom is -0.384 e. The summed E-state index contributed by atoms with van der Waals surface area (Å²) in [5.41, 5.74) is 3.59. The van der Waals surface area contributed by atoms with E-state index in [9.17, 15) is 5.11 Å². The van der Waals surface area contributed by atoms with E-state index in [-0.39, 0.29) is 0 Å². The average Bonchev–Trinajstić information content (AvgIpc) is 3.00. The first kappa shape index (κ1) is 15.1. The topological polar surface area (TPSA) is 41.3 Å². The van der Waals surface area contributed by atoms with Crippen molar-refractivity contribution in [3.63, 3.8) is 0 Å². The predicted molar refractivity (Wildman–Crippen MR) is 99.2 cm³/mol. The average molecular weight is 333 g/mol. The van der Waals surface area contributed by atoms with Crippen molar-refractivity contribution in [3.8, 4) is 11.4 Å². The van der Waals surface area contributed by atoms with Gasteiger partial charge in [0.15, 0.2) is 0 Å². The molecule has 2 aromatic carbocycles. The Morgan fingerprint density at radius 2 is 1.76 bits per heavy atom. The van der Waals surface area contributed by atoms with Crippen LogP contribution in [0.5, 0.6) is 0 Å². The highest BCUT2D eigenvalue weighted by Crippen LogP contribution is 2.42. The van der Waals surface area contributed by atoms with Crippen LogP contribution >= 0.6 is 0 Å². The number of fused-ring (bicyclic) bond motifs is 4. The maximum atomic E-state index is 11.3. The maximum absolute atomic E-state index is 11.3. The summed E-state index contributed by atoms with van der Waals surface area (Å²) in [6.45, 7) is 3.03. The van der Waals surface area contributed by atoms with Crippen LogP contribution in [0.15, 0.2) is 48.5 Å². The smallest absolute Gasteiger partial charge is 0.140 e. The highest BCUT2D eigenvalue weighted by molar-refractivity contribution is 5.80. The van der Waals surface area contributed by atoms with Crippen molar-refractivity contribution in [1.82, 2.24) is 14.5 Å². The third kappa shape index (κ3) is 2.25. The maximum Gasteiger partial charge on any atom is 0.140 e. The van der Waals surface area contributed by atoms with Gasteiger partial charge in [0.05, 0.1) is 11.0 Å². The Labute approximate surface area is 147 Å². The van der Waals surface area contributed by atoms with Crippen LogP contribution in [0.25, 0.3) is 22.4 Å². The van der Waals surface area contributed by atoms with Gasteiger partial charge in [0.1, 0.15) is 11.4 Å². The molecular weight excluding hydrogens is 310 g/mol. The van der Waals surface area contributed by atoms with Gasteiger partial charge < -0.3 is 14.6 Å². The van der Waals surface area contributed by atoms with Gasteiger partial charge in [-0.3, -0.25) is 0 Å². The SMILES string of the molecule is Cn1c(-c2ccc(C3(O)CN4CCC3CC4)cc2)nc2ccccc21. The molecule has 3 aliphatic rings. The molecule has 3 fully saturated rings. The minimum atomic E-state index is -0.693. The first-order valence-electron chi connectivity index (χ1n) is 9.12. The molecule has 1 N–H and O–H groups in total. The Balaban J connectivity index is 1.52. The Kier molecular flexibility index (Phi) is 3.27. The highest BCUT2D eigenvalue weighted by atomic mass is 16.3. The number of rotatable bonds is 2. The molecule has 0 saturated carbocycles. The van der Waals surface area contributed by atoms with Crippen LogP contribution in [0.3, 0.4) is 0 Å². The zero-order valence-corrected chi connectivity index (χ0v) is 14.5. The number of aromatic nitrogens is 2. The summed E-state index contributed by atoms with van der Waals surface area (Å²) >= 11 is 0. The normalized spacial score (nSPS) is 28.6. The number of nitrogens with zero attached hydrogens (tertiary/aromatic N) is 3. The molecule has 128 valence electrons. The van der Waals surface area contributed by atoms with Gasteiger partial charge >= 0.3 is 0 Å². The molecule has 4 nitrogen and oxygen atoms in total. The molecule has 0 amide bonds. The molecule has 25 heavy (non-hydrogen) atoms. The standard InChI is InChI=1S/C21H23N3O/c1-23-19-5-3-2-4-18(19)22-20(23)15-6-8-16(9-7-15)21(25)14-24-12-10-17(21)11-13-24/h2-9,17,25H,10-14H2,1H3. The summed E-state index contributed by atoms with van der Waals surface area (Å²) in [7, 11) is 2.06. The second-order valence-corrected chi connectivity index (χ2v) is 7.54. The number of piperidine rings is 3. The molecule has 4 heterocycles. The van der Waals surface area contributed by atoms with Crippen LogP contribution < -0.4 is 0 Å². The second kappa shape index (κ2) is 5.41. The Morgan fingerprint density at radius 3 is 2.40 bits per heavy atom. The van der Waals surface area contributed by atoms with E-state index in [1.807, 2.05) is 18.2 Å². The van der Waals surface area contributed by atoms with Gasteiger partial charge in [-0.1, -0.05) is 36.4 Å². The molecule has 4 heteroatoms. The number of para-hydroxylation sites is 2. The van der Waals surface area contributed by atoms with E-state index in [0.717, 1.165) is 60.5 Å². The molecule has 1 unspecified atom stereocenters. The van der Waals surface area contributed by atoms with Crippen molar-refractivity contribution in [3.05, 3.63) is 54.1 Å². The molecule has 0 radical (unpaired) electrons. The molecular formula is C21H23N3O. The Hall–Kier alpha value is -2.17.